The summed E-state index contributed by atoms with van der Waals surface area (Å²) >= 11 is 0. The van der Waals surface area contributed by atoms with Crippen LogP contribution in [0.15, 0.2) is 25.3 Å². The van der Waals surface area contributed by atoms with Crippen LogP contribution in [0.1, 0.15) is 57.8 Å². The summed E-state index contributed by atoms with van der Waals surface area (Å²) in [6.45, 7) is 8.96. The number of carbonyl (C=O) groups excluding carboxylic acids is 1. The maximum Gasteiger partial charge on any atom is 0.306 e. The molecule has 3 nitrogen and oxygen atoms in total. The smallest absolute Gasteiger partial charge is 0.306 e. The van der Waals surface area contributed by atoms with E-state index in [0.29, 0.717) is 19.6 Å². The van der Waals surface area contributed by atoms with Gasteiger partial charge in [0, 0.05) is 13.0 Å². The minimum atomic E-state index is -0.107. The van der Waals surface area contributed by atoms with Crippen LogP contribution < -0.4 is 0 Å². The molecule has 0 aliphatic carbocycles. The Labute approximate surface area is 124 Å². The molecule has 3 heteroatoms. The summed E-state index contributed by atoms with van der Waals surface area (Å²) in [6, 6.07) is 0. The highest BCUT2D eigenvalue weighted by Crippen LogP contribution is 2.10. The maximum atomic E-state index is 11.2. The van der Waals surface area contributed by atoms with Gasteiger partial charge in [0.1, 0.15) is 6.61 Å². The predicted octanol–water partition coefficient (Wildman–Crippen LogP) is 4.43. The highest BCUT2D eigenvalue weighted by molar-refractivity contribution is 5.69. The van der Waals surface area contributed by atoms with E-state index in [2.05, 4.69) is 13.2 Å². The van der Waals surface area contributed by atoms with Gasteiger partial charge in [0.25, 0.3) is 0 Å². The molecule has 0 atom stereocenters. The van der Waals surface area contributed by atoms with Crippen molar-refractivity contribution >= 4 is 5.97 Å². The van der Waals surface area contributed by atoms with Crippen LogP contribution in [-0.4, -0.2) is 25.8 Å². The van der Waals surface area contributed by atoms with E-state index in [9.17, 15) is 4.79 Å². The van der Waals surface area contributed by atoms with Crippen molar-refractivity contribution in [3.8, 4) is 0 Å². The van der Waals surface area contributed by atoms with E-state index >= 15 is 0 Å². The summed E-state index contributed by atoms with van der Waals surface area (Å²) in [4.78, 5) is 11.2. The van der Waals surface area contributed by atoms with Gasteiger partial charge in [-0.25, -0.2) is 0 Å². The number of unbranched alkanes of at least 4 members (excludes halogenated alkanes) is 7. The van der Waals surface area contributed by atoms with Crippen molar-refractivity contribution in [3.05, 3.63) is 25.3 Å². The van der Waals surface area contributed by atoms with Gasteiger partial charge in [0.15, 0.2) is 0 Å². The van der Waals surface area contributed by atoms with E-state index in [-0.39, 0.29) is 5.97 Å². The van der Waals surface area contributed by atoms with Gasteiger partial charge in [0.2, 0.25) is 0 Å². The van der Waals surface area contributed by atoms with Crippen LogP contribution in [0.5, 0.6) is 0 Å². The molecule has 0 aromatic heterocycles. The Kier molecular flexibility index (Phi) is 15.1. The second-order valence-corrected chi connectivity index (χ2v) is 4.91. The molecule has 0 spiro atoms. The zero-order valence-electron chi connectivity index (χ0n) is 12.8. The van der Waals surface area contributed by atoms with Gasteiger partial charge in [0.05, 0.1) is 6.61 Å². The van der Waals surface area contributed by atoms with Crippen LogP contribution in [0, 0.1) is 0 Å². The highest BCUT2D eigenvalue weighted by atomic mass is 16.5. The zero-order valence-corrected chi connectivity index (χ0v) is 12.8. The molecule has 0 aliphatic heterocycles. The average molecular weight is 282 g/mol. The molecule has 116 valence electrons. The van der Waals surface area contributed by atoms with Gasteiger partial charge in [-0.1, -0.05) is 57.3 Å². The van der Waals surface area contributed by atoms with Gasteiger partial charge in [-0.05, 0) is 12.8 Å². The minimum Gasteiger partial charge on any atom is -0.461 e. The van der Waals surface area contributed by atoms with Gasteiger partial charge in [-0.2, -0.15) is 0 Å². The molecule has 0 saturated heterocycles. The summed E-state index contributed by atoms with van der Waals surface area (Å²) in [5.41, 5.74) is 0. The molecular formula is C17H30O3. The molecule has 0 aromatic rings. The molecule has 0 bridgehead atoms. The lowest BCUT2D eigenvalue weighted by Crippen LogP contribution is -2.03. The summed E-state index contributed by atoms with van der Waals surface area (Å²) in [6.07, 6.45) is 13.4. The summed E-state index contributed by atoms with van der Waals surface area (Å²) in [5.74, 6) is -0.107. The van der Waals surface area contributed by atoms with Crippen LogP contribution in [0.25, 0.3) is 0 Å². The van der Waals surface area contributed by atoms with Crippen molar-refractivity contribution in [2.45, 2.75) is 57.8 Å². The molecule has 0 unspecified atom stereocenters. The molecular weight excluding hydrogens is 252 g/mol. The molecule has 0 aliphatic rings. The summed E-state index contributed by atoms with van der Waals surface area (Å²) in [5, 5.41) is 0. The molecule has 0 heterocycles. The third-order valence-electron chi connectivity index (χ3n) is 3.02. The topological polar surface area (TPSA) is 35.5 Å². The highest BCUT2D eigenvalue weighted by Gasteiger charge is 2.00. The van der Waals surface area contributed by atoms with E-state index in [0.717, 1.165) is 25.9 Å². The normalized spacial score (nSPS) is 10.2. The quantitative estimate of drug-likeness (QED) is 0.253. The monoisotopic (exact) mass is 282 g/mol. The number of rotatable bonds is 15. The molecule has 20 heavy (non-hydrogen) atoms. The fourth-order valence-corrected chi connectivity index (χ4v) is 1.92. The molecule has 0 aromatic carbocycles. The zero-order chi connectivity index (χ0) is 14.9. The van der Waals surface area contributed by atoms with Gasteiger partial charge in [-0.15, -0.1) is 6.58 Å². The first kappa shape index (κ1) is 18.9. The van der Waals surface area contributed by atoms with Crippen LogP contribution in [0.4, 0.5) is 0 Å². The summed E-state index contributed by atoms with van der Waals surface area (Å²) < 4.78 is 10.2. The molecule has 0 amide bonds. The maximum absolute atomic E-state index is 11.2. The van der Waals surface area contributed by atoms with Crippen molar-refractivity contribution < 1.29 is 14.3 Å². The number of hydrogen-bond acceptors (Lipinski definition) is 3. The van der Waals surface area contributed by atoms with Gasteiger partial charge in [-0.3, -0.25) is 4.79 Å². The SMILES string of the molecule is C=CCOCCCCCCCCCCC(=O)OCC=C. The van der Waals surface area contributed by atoms with E-state index in [4.69, 9.17) is 9.47 Å². The Bertz CT molecular complexity index is 249. The standard InChI is InChI=1S/C17H30O3/c1-3-14-19-16-12-10-8-6-5-7-9-11-13-17(18)20-15-4-2/h3-4H,1-2,5-16H2. The summed E-state index contributed by atoms with van der Waals surface area (Å²) in [7, 11) is 0. The molecule has 0 rings (SSSR count). The fourth-order valence-electron chi connectivity index (χ4n) is 1.92. The Morgan fingerprint density at radius 1 is 0.800 bits per heavy atom. The van der Waals surface area contributed by atoms with E-state index in [1.165, 1.54) is 32.1 Å². The third-order valence-corrected chi connectivity index (χ3v) is 3.02. The van der Waals surface area contributed by atoms with Crippen molar-refractivity contribution in [1.82, 2.24) is 0 Å². The van der Waals surface area contributed by atoms with Crippen molar-refractivity contribution in [3.63, 3.8) is 0 Å². The first-order valence-corrected chi connectivity index (χ1v) is 7.76. The van der Waals surface area contributed by atoms with Crippen molar-refractivity contribution in [2.24, 2.45) is 0 Å². The van der Waals surface area contributed by atoms with E-state index < -0.39 is 0 Å². The Balaban J connectivity index is 3.07. The van der Waals surface area contributed by atoms with Crippen LogP contribution in [0.3, 0.4) is 0 Å². The third kappa shape index (κ3) is 15.0. The van der Waals surface area contributed by atoms with E-state index in [1.54, 1.807) is 12.2 Å². The van der Waals surface area contributed by atoms with E-state index in [1.807, 2.05) is 0 Å². The number of esters is 1. The first-order valence-electron chi connectivity index (χ1n) is 7.76. The molecule has 0 fully saturated rings. The van der Waals surface area contributed by atoms with Gasteiger partial charge < -0.3 is 9.47 Å². The van der Waals surface area contributed by atoms with Crippen molar-refractivity contribution in [1.29, 1.82) is 0 Å². The average Bonchev–Trinajstić information content (AvgIpc) is 2.46. The second-order valence-electron chi connectivity index (χ2n) is 4.91. The Morgan fingerprint density at radius 3 is 1.95 bits per heavy atom. The van der Waals surface area contributed by atoms with Gasteiger partial charge >= 0.3 is 5.97 Å². The number of ether oxygens (including phenoxy) is 2. The predicted molar refractivity (Wildman–Crippen MR) is 83.7 cm³/mol. The van der Waals surface area contributed by atoms with Crippen LogP contribution >= 0.6 is 0 Å². The van der Waals surface area contributed by atoms with Crippen LogP contribution in [-0.2, 0) is 14.3 Å². The first-order chi connectivity index (χ1) is 9.81. The minimum absolute atomic E-state index is 0.107. The largest absolute Gasteiger partial charge is 0.461 e. The number of carbonyl (C=O) groups is 1. The molecule has 0 radical (unpaired) electrons. The lowest BCUT2D eigenvalue weighted by atomic mass is 10.1. The van der Waals surface area contributed by atoms with Crippen molar-refractivity contribution in [2.75, 3.05) is 19.8 Å². The lowest BCUT2D eigenvalue weighted by Gasteiger charge is -2.03. The molecule has 0 saturated carbocycles. The van der Waals surface area contributed by atoms with Crippen LogP contribution in [0.2, 0.25) is 0 Å². The molecule has 0 N–H and O–H groups in total. The number of hydrogen-bond donors (Lipinski definition) is 0. The fraction of sp³-hybridized carbons (Fsp3) is 0.706. The lowest BCUT2D eigenvalue weighted by molar-refractivity contribution is -0.142. The Hall–Kier alpha value is -1.09. The second kappa shape index (κ2) is 16.0. The Morgan fingerprint density at radius 2 is 1.35 bits per heavy atom.